The second kappa shape index (κ2) is 5.64. The molecule has 0 fully saturated rings. The van der Waals surface area contributed by atoms with E-state index in [2.05, 4.69) is 17.8 Å². The molecule has 0 spiro atoms. The molecule has 0 saturated carbocycles. The molecular formula is C11H24NOS+. The predicted molar refractivity (Wildman–Crippen MR) is 65.8 cm³/mol. The Bertz CT molecular complexity index is 184. The maximum atomic E-state index is 11.7. The zero-order valence-electron chi connectivity index (χ0n) is 10.3. The Morgan fingerprint density at radius 2 is 1.86 bits per heavy atom. The SMILES string of the molecule is CC(CC[S+](C)C)C(=O)NC(C)(C)C. The lowest BCUT2D eigenvalue weighted by molar-refractivity contribution is -0.125. The maximum absolute atomic E-state index is 11.7. The van der Waals surface area contributed by atoms with Crippen LogP contribution in [0, 0.1) is 5.92 Å². The molecule has 84 valence electrons. The molecular weight excluding hydrogens is 194 g/mol. The summed E-state index contributed by atoms with van der Waals surface area (Å²) >= 11 is 0. The number of carbonyl (C=O) groups is 1. The van der Waals surface area contributed by atoms with Gasteiger partial charge >= 0.3 is 0 Å². The lowest BCUT2D eigenvalue weighted by atomic mass is 10.0. The minimum absolute atomic E-state index is 0.106. The van der Waals surface area contributed by atoms with Crippen LogP contribution in [0.15, 0.2) is 0 Å². The summed E-state index contributed by atoms with van der Waals surface area (Å²) in [5, 5.41) is 3.01. The fourth-order valence-electron chi connectivity index (χ4n) is 1.04. The van der Waals surface area contributed by atoms with E-state index in [0.29, 0.717) is 10.9 Å². The fourth-order valence-corrected chi connectivity index (χ4v) is 1.86. The smallest absolute Gasteiger partial charge is 0.223 e. The molecule has 1 unspecified atom stereocenters. The molecule has 1 atom stereocenters. The summed E-state index contributed by atoms with van der Waals surface area (Å²) in [7, 11) is 0.444. The molecule has 0 saturated heterocycles. The van der Waals surface area contributed by atoms with Crippen LogP contribution in [-0.2, 0) is 15.7 Å². The van der Waals surface area contributed by atoms with Crippen LogP contribution in [0.5, 0.6) is 0 Å². The third-order valence-corrected chi connectivity index (χ3v) is 2.96. The van der Waals surface area contributed by atoms with Gasteiger partial charge < -0.3 is 5.32 Å². The van der Waals surface area contributed by atoms with E-state index in [1.807, 2.05) is 27.7 Å². The standard InChI is InChI=1S/C11H23NOS/c1-9(7-8-14(5)6)10(13)12-11(2,3)4/h9H,7-8H2,1-6H3/p+1. The van der Waals surface area contributed by atoms with Gasteiger partial charge in [0.25, 0.3) is 0 Å². The van der Waals surface area contributed by atoms with Gasteiger partial charge in [-0.2, -0.15) is 0 Å². The highest BCUT2D eigenvalue weighted by molar-refractivity contribution is 7.95. The summed E-state index contributed by atoms with van der Waals surface area (Å²) in [6.07, 6.45) is 5.43. The third kappa shape index (κ3) is 7.25. The van der Waals surface area contributed by atoms with Gasteiger partial charge in [-0.15, -0.1) is 0 Å². The largest absolute Gasteiger partial charge is 0.351 e. The highest BCUT2D eigenvalue weighted by Gasteiger charge is 2.20. The number of nitrogens with one attached hydrogen (secondary N) is 1. The van der Waals surface area contributed by atoms with Crippen molar-refractivity contribution in [3.05, 3.63) is 0 Å². The highest BCUT2D eigenvalue weighted by Crippen LogP contribution is 2.07. The molecule has 0 aromatic heterocycles. The maximum Gasteiger partial charge on any atom is 0.223 e. The van der Waals surface area contributed by atoms with Crippen molar-refractivity contribution in [1.29, 1.82) is 0 Å². The van der Waals surface area contributed by atoms with E-state index in [1.165, 1.54) is 0 Å². The van der Waals surface area contributed by atoms with Crippen molar-refractivity contribution in [1.82, 2.24) is 5.32 Å². The van der Waals surface area contributed by atoms with Crippen molar-refractivity contribution < 1.29 is 4.79 Å². The van der Waals surface area contributed by atoms with E-state index in [1.54, 1.807) is 0 Å². The van der Waals surface area contributed by atoms with Crippen LogP contribution in [0.1, 0.15) is 34.1 Å². The molecule has 0 aliphatic heterocycles. The van der Waals surface area contributed by atoms with Crippen LogP contribution >= 0.6 is 0 Å². The van der Waals surface area contributed by atoms with Crippen molar-refractivity contribution >= 4 is 16.8 Å². The Kier molecular flexibility index (Phi) is 5.57. The average molecular weight is 218 g/mol. The van der Waals surface area contributed by atoms with E-state index in [9.17, 15) is 4.79 Å². The Labute approximate surface area is 91.2 Å². The molecule has 0 heterocycles. The monoisotopic (exact) mass is 218 g/mol. The first-order valence-corrected chi connectivity index (χ1v) is 7.29. The number of hydrogen-bond donors (Lipinski definition) is 1. The molecule has 0 aromatic carbocycles. The lowest BCUT2D eigenvalue weighted by Gasteiger charge is -2.22. The van der Waals surface area contributed by atoms with Gasteiger partial charge in [0.05, 0.1) is 12.5 Å². The lowest BCUT2D eigenvalue weighted by Crippen LogP contribution is -2.43. The number of carbonyl (C=O) groups excluding carboxylic acids is 1. The highest BCUT2D eigenvalue weighted by atomic mass is 32.2. The van der Waals surface area contributed by atoms with Crippen LogP contribution < -0.4 is 5.32 Å². The van der Waals surface area contributed by atoms with E-state index >= 15 is 0 Å². The molecule has 2 nitrogen and oxygen atoms in total. The molecule has 0 rings (SSSR count). The fraction of sp³-hybridized carbons (Fsp3) is 0.909. The normalized spacial score (nSPS) is 14.2. The molecule has 0 aromatic rings. The zero-order valence-corrected chi connectivity index (χ0v) is 11.1. The van der Waals surface area contributed by atoms with Crippen molar-refractivity contribution in [2.24, 2.45) is 5.92 Å². The number of hydrogen-bond acceptors (Lipinski definition) is 1. The van der Waals surface area contributed by atoms with E-state index in [4.69, 9.17) is 0 Å². The van der Waals surface area contributed by atoms with Gasteiger partial charge in [0.2, 0.25) is 5.91 Å². The minimum Gasteiger partial charge on any atom is -0.351 e. The molecule has 0 aliphatic carbocycles. The van der Waals surface area contributed by atoms with Gasteiger partial charge in [0.15, 0.2) is 0 Å². The van der Waals surface area contributed by atoms with E-state index < -0.39 is 0 Å². The van der Waals surface area contributed by atoms with Gasteiger partial charge in [-0.25, -0.2) is 0 Å². The van der Waals surface area contributed by atoms with Crippen molar-refractivity contribution in [3.8, 4) is 0 Å². The number of rotatable bonds is 4. The summed E-state index contributed by atoms with van der Waals surface area (Å²) in [6, 6.07) is 0. The molecule has 1 N–H and O–H groups in total. The van der Waals surface area contributed by atoms with Crippen LogP contribution in [-0.4, -0.2) is 29.7 Å². The minimum atomic E-state index is -0.106. The van der Waals surface area contributed by atoms with Crippen molar-refractivity contribution in [2.75, 3.05) is 18.3 Å². The zero-order chi connectivity index (χ0) is 11.4. The van der Waals surface area contributed by atoms with Gasteiger partial charge in [0.1, 0.15) is 5.75 Å². The molecule has 14 heavy (non-hydrogen) atoms. The van der Waals surface area contributed by atoms with Gasteiger partial charge in [-0.05, 0) is 31.7 Å². The topological polar surface area (TPSA) is 29.1 Å². The molecule has 1 amide bonds. The first-order valence-electron chi connectivity index (χ1n) is 5.08. The van der Waals surface area contributed by atoms with E-state index in [-0.39, 0.29) is 17.4 Å². The Hall–Kier alpha value is -0.180. The van der Waals surface area contributed by atoms with E-state index in [0.717, 1.165) is 12.2 Å². The number of amides is 1. The van der Waals surface area contributed by atoms with Crippen LogP contribution in [0.3, 0.4) is 0 Å². The van der Waals surface area contributed by atoms with Gasteiger partial charge in [0, 0.05) is 17.9 Å². The second-order valence-corrected chi connectivity index (χ2v) is 7.50. The summed E-state index contributed by atoms with van der Waals surface area (Å²) in [5.41, 5.74) is -0.106. The van der Waals surface area contributed by atoms with Crippen molar-refractivity contribution in [2.45, 2.75) is 39.7 Å². The van der Waals surface area contributed by atoms with Crippen molar-refractivity contribution in [3.63, 3.8) is 0 Å². The first-order chi connectivity index (χ1) is 6.22. The molecule has 3 heteroatoms. The quantitative estimate of drug-likeness (QED) is 0.716. The Balaban J connectivity index is 3.88. The second-order valence-electron chi connectivity index (χ2n) is 5.12. The average Bonchev–Trinajstić information content (AvgIpc) is 1.96. The van der Waals surface area contributed by atoms with Crippen LogP contribution in [0.25, 0.3) is 0 Å². The molecule has 0 bridgehead atoms. The van der Waals surface area contributed by atoms with Gasteiger partial charge in [-0.3, -0.25) is 4.79 Å². The molecule has 0 aliphatic rings. The third-order valence-electron chi connectivity index (χ3n) is 1.90. The summed E-state index contributed by atoms with van der Waals surface area (Å²) in [6.45, 7) is 8.05. The van der Waals surface area contributed by atoms with Crippen LogP contribution in [0.2, 0.25) is 0 Å². The Morgan fingerprint density at radius 3 is 2.21 bits per heavy atom. The van der Waals surface area contributed by atoms with Gasteiger partial charge in [-0.1, -0.05) is 6.92 Å². The summed E-state index contributed by atoms with van der Waals surface area (Å²) < 4.78 is 0. The first kappa shape index (κ1) is 13.8. The molecule has 0 radical (unpaired) electrons. The summed E-state index contributed by atoms with van der Waals surface area (Å²) in [5.74, 6) is 1.48. The summed E-state index contributed by atoms with van der Waals surface area (Å²) in [4.78, 5) is 11.7. The predicted octanol–water partition coefficient (Wildman–Crippen LogP) is 1.81. The van der Waals surface area contributed by atoms with Crippen LogP contribution in [0.4, 0.5) is 0 Å². The Morgan fingerprint density at radius 1 is 1.36 bits per heavy atom.